The zero-order chi connectivity index (χ0) is 18.8. The van der Waals surface area contributed by atoms with Gasteiger partial charge < -0.3 is 14.5 Å². The van der Waals surface area contributed by atoms with Gasteiger partial charge in [-0.05, 0) is 43.4 Å². The lowest BCUT2D eigenvalue weighted by Crippen LogP contribution is -2.50. The number of amides is 1. The number of nitrogens with zero attached hydrogens (tertiary/aromatic N) is 3. The first kappa shape index (κ1) is 18.7. The van der Waals surface area contributed by atoms with Crippen LogP contribution in [0.4, 0.5) is 5.69 Å². The van der Waals surface area contributed by atoms with Gasteiger partial charge in [0.05, 0.1) is 12.6 Å². The molecule has 0 bridgehead atoms. The molecular formula is C21H31N3O3. The summed E-state index contributed by atoms with van der Waals surface area (Å²) in [5, 5.41) is 1.98. The third kappa shape index (κ3) is 3.84. The van der Waals surface area contributed by atoms with Gasteiger partial charge in [0.2, 0.25) is 5.91 Å². The highest BCUT2D eigenvalue weighted by Crippen LogP contribution is 2.39. The number of hydroxylamine groups is 2. The van der Waals surface area contributed by atoms with Crippen LogP contribution < -0.4 is 4.90 Å². The highest BCUT2D eigenvalue weighted by molar-refractivity contribution is 5.78. The van der Waals surface area contributed by atoms with E-state index in [4.69, 9.17) is 9.57 Å². The summed E-state index contributed by atoms with van der Waals surface area (Å²) in [6, 6.07) is 9.30. The van der Waals surface area contributed by atoms with Crippen LogP contribution in [-0.2, 0) is 14.4 Å². The second-order valence-corrected chi connectivity index (χ2v) is 8.04. The number of fused-ring (bicyclic) bond motifs is 1. The Morgan fingerprint density at radius 3 is 2.63 bits per heavy atom. The van der Waals surface area contributed by atoms with Gasteiger partial charge in [-0.15, -0.1) is 0 Å². The lowest BCUT2D eigenvalue weighted by Gasteiger charge is -2.42. The zero-order valence-corrected chi connectivity index (χ0v) is 16.5. The van der Waals surface area contributed by atoms with E-state index >= 15 is 0 Å². The number of carbonyl (C=O) groups is 1. The predicted octanol–water partition coefficient (Wildman–Crippen LogP) is 2.46. The molecule has 3 aliphatic heterocycles. The molecule has 0 unspecified atom stereocenters. The van der Waals surface area contributed by atoms with Crippen LogP contribution in [0.5, 0.6) is 0 Å². The molecule has 0 saturated carbocycles. The number of ether oxygens (including phenoxy) is 1. The van der Waals surface area contributed by atoms with Crippen LogP contribution in [0.15, 0.2) is 24.3 Å². The van der Waals surface area contributed by atoms with Gasteiger partial charge in [0.25, 0.3) is 0 Å². The van der Waals surface area contributed by atoms with E-state index in [9.17, 15) is 4.79 Å². The molecule has 3 aliphatic rings. The smallest absolute Gasteiger partial charge is 0.249 e. The molecule has 1 aromatic carbocycles. The molecule has 3 atom stereocenters. The van der Waals surface area contributed by atoms with Crippen molar-refractivity contribution in [2.75, 3.05) is 51.9 Å². The van der Waals surface area contributed by atoms with E-state index in [1.165, 1.54) is 30.5 Å². The largest absolute Gasteiger partial charge is 0.375 e. The number of likely N-dealkylation sites (tertiary alicyclic amines) is 1. The highest BCUT2D eigenvalue weighted by atomic mass is 16.7. The van der Waals surface area contributed by atoms with Gasteiger partial charge in [-0.25, -0.2) is 0 Å². The Kier molecular flexibility index (Phi) is 5.66. The van der Waals surface area contributed by atoms with Gasteiger partial charge in [-0.2, -0.15) is 5.06 Å². The third-order valence-electron chi connectivity index (χ3n) is 6.36. The Morgan fingerprint density at radius 2 is 1.93 bits per heavy atom. The van der Waals surface area contributed by atoms with Crippen molar-refractivity contribution in [1.82, 2.24) is 9.96 Å². The van der Waals surface area contributed by atoms with Crippen molar-refractivity contribution >= 4 is 11.6 Å². The van der Waals surface area contributed by atoms with Gasteiger partial charge in [0.15, 0.2) is 0 Å². The van der Waals surface area contributed by atoms with Gasteiger partial charge in [0.1, 0.15) is 6.61 Å². The highest BCUT2D eigenvalue weighted by Gasteiger charge is 2.44. The lowest BCUT2D eigenvalue weighted by molar-refractivity contribution is -0.143. The van der Waals surface area contributed by atoms with Crippen LogP contribution in [0, 0.1) is 5.92 Å². The summed E-state index contributed by atoms with van der Waals surface area (Å²) in [5.41, 5.74) is 2.50. The van der Waals surface area contributed by atoms with E-state index in [-0.39, 0.29) is 18.6 Å². The Hall–Kier alpha value is -1.63. The summed E-state index contributed by atoms with van der Waals surface area (Å²) < 4.78 is 5.13. The maximum Gasteiger partial charge on any atom is 0.249 e. The van der Waals surface area contributed by atoms with Crippen molar-refractivity contribution < 1.29 is 14.4 Å². The average molecular weight is 373 g/mol. The first-order valence-electron chi connectivity index (χ1n) is 10.2. The van der Waals surface area contributed by atoms with E-state index in [1.807, 2.05) is 17.0 Å². The summed E-state index contributed by atoms with van der Waals surface area (Å²) in [6.45, 7) is 3.85. The fraction of sp³-hybridized carbons (Fsp3) is 0.667. The maximum atomic E-state index is 12.7. The second kappa shape index (κ2) is 8.17. The predicted molar refractivity (Wildman–Crippen MR) is 104 cm³/mol. The van der Waals surface area contributed by atoms with Crippen LogP contribution >= 0.6 is 0 Å². The number of benzene rings is 1. The number of hydrogen-bond acceptors (Lipinski definition) is 5. The minimum absolute atomic E-state index is 0.0654. The van der Waals surface area contributed by atoms with E-state index in [0.717, 1.165) is 26.1 Å². The maximum absolute atomic E-state index is 12.7. The Labute approximate surface area is 162 Å². The standard InChI is InChI=1S/C21H31N3O3/c1-22-19-12-20(24(21(25)15-26-2)13-17(19)14-27-22)16-6-8-18(9-7-16)23-10-4-3-5-11-23/h6-9,17,19-20H,3-5,10-15H2,1-2H3/t17-,19-,20-/m0/s1. The molecule has 148 valence electrons. The summed E-state index contributed by atoms with van der Waals surface area (Å²) in [6.07, 6.45) is 4.79. The van der Waals surface area contributed by atoms with Crippen molar-refractivity contribution in [3.8, 4) is 0 Å². The number of piperidine rings is 2. The van der Waals surface area contributed by atoms with Crippen molar-refractivity contribution in [2.45, 2.75) is 37.8 Å². The zero-order valence-electron chi connectivity index (χ0n) is 16.5. The van der Waals surface area contributed by atoms with Crippen LogP contribution in [0.25, 0.3) is 0 Å². The van der Waals surface area contributed by atoms with E-state index < -0.39 is 0 Å². The van der Waals surface area contributed by atoms with Crippen molar-refractivity contribution in [1.29, 1.82) is 0 Å². The molecule has 3 fully saturated rings. The molecule has 0 radical (unpaired) electrons. The molecule has 0 spiro atoms. The van der Waals surface area contributed by atoms with E-state index in [2.05, 4.69) is 29.2 Å². The lowest BCUT2D eigenvalue weighted by atomic mass is 9.85. The molecule has 0 aromatic heterocycles. The van der Waals surface area contributed by atoms with Gasteiger partial charge in [-0.3, -0.25) is 9.63 Å². The van der Waals surface area contributed by atoms with Crippen LogP contribution in [0.2, 0.25) is 0 Å². The fourth-order valence-electron chi connectivity index (χ4n) is 4.83. The van der Waals surface area contributed by atoms with Gasteiger partial charge in [-0.1, -0.05) is 12.1 Å². The SMILES string of the molecule is COCC(=O)N1C[C@H]2CON(C)[C@H]2C[C@H]1c1ccc(N2CCCCC2)cc1. The second-order valence-electron chi connectivity index (χ2n) is 8.04. The minimum Gasteiger partial charge on any atom is -0.375 e. The molecule has 1 aromatic rings. The quantitative estimate of drug-likeness (QED) is 0.811. The number of anilines is 1. The van der Waals surface area contributed by atoms with Crippen LogP contribution in [0.3, 0.4) is 0 Å². The normalized spacial score (nSPS) is 29.0. The molecule has 3 heterocycles. The molecular weight excluding hydrogens is 342 g/mol. The monoisotopic (exact) mass is 373 g/mol. The summed E-state index contributed by atoms with van der Waals surface area (Å²) in [7, 11) is 3.59. The van der Waals surface area contributed by atoms with Gasteiger partial charge in [0, 0.05) is 51.4 Å². The molecule has 3 saturated heterocycles. The summed E-state index contributed by atoms with van der Waals surface area (Å²) in [5.74, 6) is 0.440. The van der Waals surface area contributed by atoms with E-state index in [0.29, 0.717) is 18.6 Å². The molecule has 6 nitrogen and oxygen atoms in total. The Bertz CT molecular complexity index is 645. The number of methoxy groups -OCH3 is 1. The Balaban J connectivity index is 1.55. The average Bonchev–Trinajstić information content (AvgIpc) is 3.08. The minimum atomic E-state index is 0.0654. The molecule has 1 amide bonds. The molecule has 27 heavy (non-hydrogen) atoms. The first-order chi connectivity index (χ1) is 13.2. The summed E-state index contributed by atoms with van der Waals surface area (Å²) >= 11 is 0. The number of hydrogen-bond donors (Lipinski definition) is 0. The van der Waals surface area contributed by atoms with Crippen molar-refractivity contribution in [2.24, 2.45) is 5.92 Å². The van der Waals surface area contributed by atoms with E-state index in [1.54, 1.807) is 7.11 Å². The number of rotatable bonds is 4. The summed E-state index contributed by atoms with van der Waals surface area (Å²) in [4.78, 5) is 22.9. The topological polar surface area (TPSA) is 45.2 Å². The van der Waals surface area contributed by atoms with Crippen LogP contribution in [-0.4, -0.2) is 68.9 Å². The third-order valence-corrected chi connectivity index (χ3v) is 6.36. The molecule has 0 aliphatic carbocycles. The first-order valence-corrected chi connectivity index (χ1v) is 10.2. The number of carbonyl (C=O) groups excluding carboxylic acids is 1. The van der Waals surface area contributed by atoms with Crippen molar-refractivity contribution in [3.05, 3.63) is 29.8 Å². The molecule has 6 heteroatoms. The Morgan fingerprint density at radius 1 is 1.19 bits per heavy atom. The van der Waals surface area contributed by atoms with Gasteiger partial charge >= 0.3 is 0 Å². The molecule has 4 rings (SSSR count). The van der Waals surface area contributed by atoms with Crippen molar-refractivity contribution in [3.63, 3.8) is 0 Å². The fourth-order valence-corrected chi connectivity index (χ4v) is 4.83. The molecule has 0 N–H and O–H groups in total. The van der Waals surface area contributed by atoms with Crippen LogP contribution in [0.1, 0.15) is 37.3 Å².